The van der Waals surface area contributed by atoms with Gasteiger partial charge in [0.05, 0.1) is 20.8 Å². The molecule has 33 heavy (non-hydrogen) atoms. The number of methoxy groups -OCH3 is 2. The summed E-state index contributed by atoms with van der Waals surface area (Å²) in [7, 11) is 7.21. The Morgan fingerprint density at radius 3 is 2.39 bits per heavy atom. The van der Waals surface area contributed by atoms with Crippen molar-refractivity contribution < 1.29 is 14.3 Å². The Morgan fingerprint density at radius 1 is 1.09 bits per heavy atom. The second-order valence-electron chi connectivity index (χ2n) is 8.09. The molecule has 1 N–H and O–H groups in total. The number of carbonyl (C=O) groups is 1. The van der Waals surface area contributed by atoms with Gasteiger partial charge in [-0.05, 0) is 41.7 Å². The van der Waals surface area contributed by atoms with Crippen LogP contribution in [0.15, 0.2) is 47.5 Å². The monoisotopic (exact) mass is 566 g/mol. The van der Waals surface area contributed by atoms with E-state index in [4.69, 9.17) is 9.47 Å². The molecule has 8 heteroatoms. The Kier molecular flexibility index (Phi) is 10.8. The zero-order chi connectivity index (χ0) is 22.9. The summed E-state index contributed by atoms with van der Waals surface area (Å²) in [5, 5.41) is 3.37. The first kappa shape index (κ1) is 26.8. The molecule has 0 spiro atoms. The molecule has 1 aliphatic rings. The maximum Gasteiger partial charge on any atom is 0.222 e. The predicted octanol–water partition coefficient (Wildman–Crippen LogP) is 3.69. The number of hydrogen-bond acceptors (Lipinski definition) is 4. The van der Waals surface area contributed by atoms with Crippen molar-refractivity contribution in [1.29, 1.82) is 0 Å². The fraction of sp³-hybridized carbons (Fsp3) is 0.440. The van der Waals surface area contributed by atoms with Crippen molar-refractivity contribution in [2.75, 3.05) is 41.4 Å². The number of amides is 1. The van der Waals surface area contributed by atoms with Crippen molar-refractivity contribution >= 4 is 35.8 Å². The summed E-state index contributed by atoms with van der Waals surface area (Å²) in [5.74, 6) is 2.45. The quantitative estimate of drug-likeness (QED) is 0.229. The lowest BCUT2D eigenvalue weighted by molar-refractivity contribution is -0.132. The minimum atomic E-state index is 0. The molecule has 2 aromatic carbocycles. The Morgan fingerprint density at radius 2 is 1.76 bits per heavy atom. The maximum absolute atomic E-state index is 12.8. The van der Waals surface area contributed by atoms with Crippen molar-refractivity contribution in [1.82, 2.24) is 15.1 Å². The molecular formula is C25H35IN4O3. The molecular weight excluding hydrogens is 531 g/mol. The highest BCUT2D eigenvalue weighted by molar-refractivity contribution is 14.0. The van der Waals surface area contributed by atoms with Gasteiger partial charge in [0.1, 0.15) is 0 Å². The average molecular weight is 566 g/mol. The summed E-state index contributed by atoms with van der Waals surface area (Å²) in [5.41, 5.74) is 3.52. The SMILES string of the molecule is COc1cc2c(cc1OC)CN(C(=O)CCCNC(=NCc1ccccc1)N(C)C)CC2.I. The largest absolute Gasteiger partial charge is 0.493 e. The van der Waals surface area contributed by atoms with E-state index in [2.05, 4.69) is 22.4 Å². The molecule has 0 fully saturated rings. The standard InChI is InChI=1S/C25H34N4O3.HI/c1-28(2)25(27-17-19-9-6-5-7-10-19)26-13-8-11-24(30)29-14-12-20-15-22(31-3)23(32-4)16-21(20)18-29;/h5-7,9-10,15-16H,8,11-14,17-18H2,1-4H3,(H,26,27);1H. The number of rotatable bonds is 8. The molecule has 0 unspecified atom stereocenters. The molecule has 0 saturated carbocycles. The lowest BCUT2D eigenvalue weighted by Gasteiger charge is -2.30. The number of benzene rings is 2. The Hall–Kier alpha value is -2.49. The van der Waals surface area contributed by atoms with E-state index < -0.39 is 0 Å². The van der Waals surface area contributed by atoms with Crippen LogP contribution in [0.2, 0.25) is 0 Å². The molecule has 0 radical (unpaired) electrons. The molecule has 1 heterocycles. The van der Waals surface area contributed by atoms with Crippen LogP contribution in [0.5, 0.6) is 11.5 Å². The van der Waals surface area contributed by atoms with E-state index in [-0.39, 0.29) is 29.9 Å². The van der Waals surface area contributed by atoms with Crippen LogP contribution in [0, 0.1) is 0 Å². The van der Waals surface area contributed by atoms with Crippen molar-refractivity contribution in [3.05, 3.63) is 59.2 Å². The van der Waals surface area contributed by atoms with Crippen molar-refractivity contribution in [2.24, 2.45) is 4.99 Å². The van der Waals surface area contributed by atoms with E-state index in [0.29, 0.717) is 31.8 Å². The highest BCUT2D eigenvalue weighted by Crippen LogP contribution is 2.33. The number of ether oxygens (including phenoxy) is 2. The summed E-state index contributed by atoms with van der Waals surface area (Å²) in [6, 6.07) is 14.2. The topological polar surface area (TPSA) is 66.4 Å². The third-order valence-electron chi connectivity index (χ3n) is 5.60. The molecule has 1 amide bonds. The number of carbonyl (C=O) groups excluding carboxylic acids is 1. The first-order chi connectivity index (χ1) is 15.5. The predicted molar refractivity (Wildman–Crippen MR) is 143 cm³/mol. The third kappa shape index (κ3) is 7.52. The zero-order valence-electron chi connectivity index (χ0n) is 20.0. The van der Waals surface area contributed by atoms with Crippen LogP contribution in [-0.4, -0.2) is 63.1 Å². The van der Waals surface area contributed by atoms with Crippen LogP contribution in [0.4, 0.5) is 0 Å². The van der Waals surface area contributed by atoms with Crippen LogP contribution >= 0.6 is 24.0 Å². The Bertz CT molecular complexity index is 935. The number of guanidine groups is 1. The van der Waals surface area contributed by atoms with Crippen molar-refractivity contribution in [3.8, 4) is 11.5 Å². The molecule has 180 valence electrons. The molecule has 2 aromatic rings. The molecule has 3 rings (SSSR count). The van der Waals surface area contributed by atoms with Crippen LogP contribution in [0.25, 0.3) is 0 Å². The molecule has 0 saturated heterocycles. The Labute approximate surface area is 214 Å². The van der Waals surface area contributed by atoms with E-state index in [1.54, 1.807) is 14.2 Å². The zero-order valence-corrected chi connectivity index (χ0v) is 22.3. The van der Waals surface area contributed by atoms with E-state index in [1.807, 2.05) is 54.2 Å². The van der Waals surface area contributed by atoms with Gasteiger partial charge in [0.2, 0.25) is 5.91 Å². The lowest BCUT2D eigenvalue weighted by atomic mass is 9.98. The first-order valence-corrected chi connectivity index (χ1v) is 11.0. The summed E-state index contributed by atoms with van der Waals surface area (Å²) < 4.78 is 10.8. The molecule has 1 aliphatic heterocycles. The third-order valence-corrected chi connectivity index (χ3v) is 5.60. The number of fused-ring (bicyclic) bond motifs is 1. The van der Waals surface area contributed by atoms with Gasteiger partial charge in [0.15, 0.2) is 17.5 Å². The van der Waals surface area contributed by atoms with E-state index in [0.717, 1.165) is 36.7 Å². The van der Waals surface area contributed by atoms with Crippen LogP contribution in [0.3, 0.4) is 0 Å². The first-order valence-electron chi connectivity index (χ1n) is 11.0. The molecule has 0 aliphatic carbocycles. The molecule has 0 atom stereocenters. The lowest BCUT2D eigenvalue weighted by Crippen LogP contribution is -2.38. The fourth-order valence-corrected chi connectivity index (χ4v) is 3.80. The van der Waals surface area contributed by atoms with Gasteiger partial charge in [-0.3, -0.25) is 4.79 Å². The van der Waals surface area contributed by atoms with Crippen molar-refractivity contribution in [3.63, 3.8) is 0 Å². The second-order valence-corrected chi connectivity index (χ2v) is 8.09. The maximum atomic E-state index is 12.8. The summed E-state index contributed by atoms with van der Waals surface area (Å²) in [4.78, 5) is 21.3. The summed E-state index contributed by atoms with van der Waals surface area (Å²) >= 11 is 0. The number of hydrogen-bond donors (Lipinski definition) is 1. The Balaban J connectivity index is 0.00000385. The fourth-order valence-electron chi connectivity index (χ4n) is 3.80. The normalized spacial score (nSPS) is 13.0. The van der Waals surface area contributed by atoms with Crippen LogP contribution in [0.1, 0.15) is 29.5 Å². The van der Waals surface area contributed by atoms with Crippen LogP contribution < -0.4 is 14.8 Å². The van der Waals surface area contributed by atoms with Gasteiger partial charge in [-0.25, -0.2) is 4.99 Å². The van der Waals surface area contributed by atoms with Crippen LogP contribution in [-0.2, 0) is 24.3 Å². The minimum absolute atomic E-state index is 0. The van der Waals surface area contributed by atoms with Gasteiger partial charge >= 0.3 is 0 Å². The number of aliphatic imine (C=N–C) groups is 1. The highest BCUT2D eigenvalue weighted by atomic mass is 127. The van der Waals surface area contributed by atoms with E-state index in [9.17, 15) is 4.79 Å². The van der Waals surface area contributed by atoms with Gasteiger partial charge in [-0.2, -0.15) is 0 Å². The number of nitrogens with zero attached hydrogens (tertiary/aromatic N) is 3. The minimum Gasteiger partial charge on any atom is -0.493 e. The van der Waals surface area contributed by atoms with Gasteiger partial charge in [-0.15, -0.1) is 24.0 Å². The van der Waals surface area contributed by atoms with Crippen molar-refractivity contribution in [2.45, 2.75) is 32.4 Å². The second kappa shape index (κ2) is 13.3. The molecule has 0 bridgehead atoms. The van der Waals surface area contributed by atoms with Gasteiger partial charge in [-0.1, -0.05) is 30.3 Å². The summed E-state index contributed by atoms with van der Waals surface area (Å²) in [6.45, 7) is 2.67. The van der Waals surface area contributed by atoms with Gasteiger partial charge < -0.3 is 24.6 Å². The van der Waals surface area contributed by atoms with E-state index in [1.165, 1.54) is 11.1 Å². The molecule has 7 nitrogen and oxygen atoms in total. The highest BCUT2D eigenvalue weighted by Gasteiger charge is 2.22. The number of halogens is 1. The smallest absolute Gasteiger partial charge is 0.222 e. The van der Waals surface area contributed by atoms with Gasteiger partial charge in [0, 0.05) is 40.2 Å². The average Bonchev–Trinajstić information content (AvgIpc) is 2.82. The molecule has 0 aromatic heterocycles. The summed E-state index contributed by atoms with van der Waals surface area (Å²) in [6.07, 6.45) is 2.10. The number of nitrogens with one attached hydrogen (secondary N) is 1. The van der Waals surface area contributed by atoms with Gasteiger partial charge in [0.25, 0.3) is 0 Å². The van der Waals surface area contributed by atoms with E-state index >= 15 is 0 Å².